The number of hydrogen-bond acceptors (Lipinski definition) is 5. The zero-order chi connectivity index (χ0) is 23.8. The van der Waals surface area contributed by atoms with Crippen LogP contribution in [0.1, 0.15) is 76.8 Å². The molecule has 0 aliphatic heterocycles. The van der Waals surface area contributed by atoms with E-state index < -0.39 is 0 Å². The molecule has 3 aliphatic carbocycles. The van der Waals surface area contributed by atoms with E-state index in [1.165, 1.54) is 23.3 Å². The summed E-state index contributed by atoms with van der Waals surface area (Å²) in [5.74, 6) is 2.49. The fourth-order valence-corrected chi connectivity index (χ4v) is 6.60. The van der Waals surface area contributed by atoms with Crippen LogP contribution in [0.2, 0.25) is 0 Å². The molecule has 3 aliphatic rings. The lowest BCUT2D eigenvalue weighted by Crippen LogP contribution is -2.28. The van der Waals surface area contributed by atoms with Crippen LogP contribution in [0.15, 0.2) is 6.07 Å². The Hall–Kier alpha value is -2.06. The van der Waals surface area contributed by atoms with Gasteiger partial charge in [-0.15, -0.1) is 11.3 Å². The summed E-state index contributed by atoms with van der Waals surface area (Å²) in [5.41, 5.74) is 3.02. The molecular weight excluding hydrogens is 464 g/mol. The van der Waals surface area contributed by atoms with Gasteiger partial charge >= 0.3 is 0 Å². The lowest BCUT2D eigenvalue weighted by molar-refractivity contribution is -0.119. The van der Waals surface area contributed by atoms with E-state index in [2.05, 4.69) is 28.7 Å². The summed E-state index contributed by atoms with van der Waals surface area (Å²) in [4.78, 5) is 29.0. The molecule has 0 aromatic carbocycles. The number of carbonyl (C=O) groups excluding carboxylic acids is 2. The number of Topliss-reactive ketones (excluding diaryl/α,β-unsaturated/α-hetero) is 1. The van der Waals surface area contributed by atoms with Gasteiger partial charge in [0.05, 0.1) is 16.2 Å². The van der Waals surface area contributed by atoms with Crippen molar-refractivity contribution >= 4 is 46.1 Å². The highest BCUT2D eigenvalue weighted by molar-refractivity contribution is 7.80. The maximum Gasteiger partial charge on any atom is 0.252 e. The Morgan fingerprint density at radius 2 is 2.00 bits per heavy atom. The van der Waals surface area contributed by atoms with Crippen LogP contribution in [-0.4, -0.2) is 33.0 Å². The van der Waals surface area contributed by atoms with Gasteiger partial charge in [0.25, 0.3) is 5.91 Å². The molecular formula is C26H34N4O2S2. The zero-order valence-corrected chi connectivity index (χ0v) is 21.7. The summed E-state index contributed by atoms with van der Waals surface area (Å²) < 4.78 is 1.84. The van der Waals surface area contributed by atoms with Crippen LogP contribution < -0.4 is 10.6 Å². The number of ketones is 1. The third kappa shape index (κ3) is 5.43. The quantitative estimate of drug-likeness (QED) is 0.467. The Bertz CT molecular complexity index is 1110. The lowest BCUT2D eigenvalue weighted by atomic mass is 9.83. The van der Waals surface area contributed by atoms with Crippen LogP contribution in [0.4, 0.5) is 5.82 Å². The average Bonchev–Trinajstić information content (AvgIpc) is 3.73. The number of fused-ring (bicyclic) bond motifs is 1. The number of hydrogen-bond donors (Lipinski definition) is 2. The van der Waals surface area contributed by atoms with Gasteiger partial charge in [-0.3, -0.25) is 14.3 Å². The summed E-state index contributed by atoms with van der Waals surface area (Å²) >= 11 is 7.41. The molecule has 34 heavy (non-hydrogen) atoms. The maximum absolute atomic E-state index is 13.3. The van der Waals surface area contributed by atoms with Crippen molar-refractivity contribution in [3.63, 3.8) is 0 Å². The molecule has 2 aromatic rings. The second-order valence-corrected chi connectivity index (χ2v) is 11.9. The molecule has 0 saturated heterocycles. The summed E-state index contributed by atoms with van der Waals surface area (Å²) in [7, 11) is 1.93. The van der Waals surface area contributed by atoms with Crippen molar-refractivity contribution in [3.8, 4) is 0 Å². The van der Waals surface area contributed by atoms with Crippen LogP contribution in [0.5, 0.6) is 0 Å². The van der Waals surface area contributed by atoms with Gasteiger partial charge in [0.1, 0.15) is 11.6 Å². The Balaban J connectivity index is 1.29. The number of carbonyl (C=O) groups is 2. The molecule has 2 heterocycles. The molecule has 0 spiro atoms. The fourth-order valence-electron chi connectivity index (χ4n) is 4.90. The van der Waals surface area contributed by atoms with Gasteiger partial charge in [0.2, 0.25) is 0 Å². The van der Waals surface area contributed by atoms with Crippen molar-refractivity contribution < 1.29 is 9.59 Å². The molecule has 2 N–H and O–H groups in total. The molecule has 2 aromatic heterocycles. The van der Waals surface area contributed by atoms with Crippen molar-refractivity contribution in [3.05, 3.63) is 32.6 Å². The Labute approximate surface area is 210 Å². The van der Waals surface area contributed by atoms with Gasteiger partial charge in [-0.05, 0) is 68.8 Å². The van der Waals surface area contributed by atoms with Crippen LogP contribution in [0.3, 0.4) is 0 Å². The first kappa shape index (κ1) is 23.7. The molecule has 6 nitrogen and oxygen atoms in total. The largest absolute Gasteiger partial charge is 0.352 e. The van der Waals surface area contributed by atoms with E-state index in [-0.39, 0.29) is 11.8 Å². The van der Waals surface area contributed by atoms with Crippen molar-refractivity contribution in [2.45, 2.75) is 71.1 Å². The van der Waals surface area contributed by atoms with Crippen molar-refractivity contribution in [1.29, 1.82) is 0 Å². The van der Waals surface area contributed by atoms with Crippen LogP contribution >= 0.6 is 23.6 Å². The molecule has 0 bridgehead atoms. The Kier molecular flexibility index (Phi) is 6.89. The monoisotopic (exact) mass is 498 g/mol. The number of thiophene rings is 1. The molecule has 1 atom stereocenters. The van der Waals surface area contributed by atoms with Gasteiger partial charge in [-0.2, -0.15) is 5.10 Å². The number of aromatic nitrogens is 2. The minimum atomic E-state index is 0.0197. The Morgan fingerprint density at radius 1 is 1.21 bits per heavy atom. The van der Waals surface area contributed by atoms with Gasteiger partial charge in [-0.1, -0.05) is 19.1 Å². The maximum atomic E-state index is 13.3. The molecule has 5 rings (SSSR count). The highest BCUT2D eigenvalue weighted by Gasteiger charge is 2.34. The number of nitrogens with one attached hydrogen (secondary N) is 2. The first-order valence-corrected chi connectivity index (χ1v) is 13.9. The van der Waals surface area contributed by atoms with Crippen molar-refractivity contribution in [1.82, 2.24) is 15.1 Å². The number of anilines is 1. The van der Waals surface area contributed by atoms with E-state index in [4.69, 9.17) is 12.2 Å². The van der Waals surface area contributed by atoms with E-state index in [1.807, 2.05) is 11.7 Å². The smallest absolute Gasteiger partial charge is 0.252 e. The molecule has 2 fully saturated rings. The highest BCUT2D eigenvalue weighted by Crippen LogP contribution is 2.40. The standard InChI is InChI=1S/C26H34N4O2S2/c1-3-18-12-23(30(2)29-18)28-24(33)11-16-6-9-21-19(10-16)25(26(32)27-14-15-4-5-15)22(34-21)13-20(31)17-7-8-17/h12,15-17H,3-11,13-14H2,1-2H3,(H,27,32)(H,28,33)/t16-/m0/s1. The second-order valence-electron chi connectivity index (χ2n) is 10.2. The van der Waals surface area contributed by atoms with Crippen LogP contribution in [-0.2, 0) is 37.5 Å². The van der Waals surface area contributed by atoms with Gasteiger partial charge in [-0.25, -0.2) is 0 Å². The van der Waals surface area contributed by atoms with Gasteiger partial charge in [0.15, 0.2) is 0 Å². The molecule has 8 heteroatoms. The summed E-state index contributed by atoms with van der Waals surface area (Å²) in [6.07, 6.45) is 9.39. The minimum Gasteiger partial charge on any atom is -0.352 e. The number of thiocarbonyl (C=S) groups is 1. The lowest BCUT2D eigenvalue weighted by Gasteiger charge is -2.23. The van der Waals surface area contributed by atoms with Gasteiger partial charge < -0.3 is 10.6 Å². The molecule has 1 amide bonds. The normalized spacial score (nSPS) is 19.5. The highest BCUT2D eigenvalue weighted by atomic mass is 32.1. The minimum absolute atomic E-state index is 0.0197. The number of rotatable bonds is 10. The van der Waals surface area contributed by atoms with Gasteiger partial charge in [0, 0.05) is 48.2 Å². The number of nitrogens with zero attached hydrogens (tertiary/aromatic N) is 2. The fraction of sp³-hybridized carbons (Fsp3) is 0.615. The topological polar surface area (TPSA) is 76.0 Å². The van der Waals surface area contributed by atoms with E-state index in [9.17, 15) is 9.59 Å². The SMILES string of the molecule is CCc1cc(NC(=S)C[C@H]2CCc3sc(CC(=O)C4CC4)c(C(=O)NCC4CC4)c3C2)n(C)n1. The summed E-state index contributed by atoms with van der Waals surface area (Å²) in [6.45, 7) is 2.84. The van der Waals surface area contributed by atoms with Crippen LogP contribution in [0, 0.1) is 17.8 Å². The predicted molar refractivity (Wildman–Crippen MR) is 140 cm³/mol. The van der Waals surface area contributed by atoms with Crippen molar-refractivity contribution in [2.24, 2.45) is 24.8 Å². The third-order valence-corrected chi connectivity index (χ3v) is 8.87. The van der Waals surface area contributed by atoms with E-state index in [0.717, 1.165) is 78.4 Å². The first-order chi connectivity index (χ1) is 16.4. The second kappa shape index (κ2) is 9.90. The molecule has 0 unspecified atom stereocenters. The summed E-state index contributed by atoms with van der Waals surface area (Å²) in [6, 6.07) is 2.05. The first-order valence-electron chi connectivity index (χ1n) is 12.7. The molecule has 182 valence electrons. The van der Waals surface area contributed by atoms with E-state index in [1.54, 1.807) is 11.3 Å². The van der Waals surface area contributed by atoms with E-state index >= 15 is 0 Å². The molecule has 0 radical (unpaired) electrons. The zero-order valence-electron chi connectivity index (χ0n) is 20.1. The third-order valence-electron chi connectivity index (χ3n) is 7.31. The number of amides is 1. The number of aryl methyl sites for hydroxylation is 3. The van der Waals surface area contributed by atoms with Crippen molar-refractivity contribution in [2.75, 3.05) is 11.9 Å². The van der Waals surface area contributed by atoms with Crippen LogP contribution in [0.25, 0.3) is 0 Å². The van der Waals surface area contributed by atoms with E-state index in [0.29, 0.717) is 24.0 Å². The predicted octanol–water partition coefficient (Wildman–Crippen LogP) is 4.64. The summed E-state index contributed by atoms with van der Waals surface area (Å²) in [5, 5.41) is 11.0. The molecule has 2 saturated carbocycles. The average molecular weight is 499 g/mol. The Morgan fingerprint density at radius 3 is 2.68 bits per heavy atom.